The van der Waals surface area contributed by atoms with E-state index in [9.17, 15) is 13.2 Å². The summed E-state index contributed by atoms with van der Waals surface area (Å²) in [6, 6.07) is 6.34. The Balaban J connectivity index is 1.85. The van der Waals surface area contributed by atoms with Crippen molar-refractivity contribution in [2.45, 2.75) is 19.6 Å². The number of aryl methyl sites for hydroxylation is 1. The van der Waals surface area contributed by atoms with E-state index in [-0.39, 0.29) is 5.75 Å². The van der Waals surface area contributed by atoms with Crippen LogP contribution in [0.15, 0.2) is 29.6 Å². The second-order valence-electron chi connectivity index (χ2n) is 4.14. The third kappa shape index (κ3) is 4.73. The fourth-order valence-corrected chi connectivity index (χ4v) is 2.13. The second-order valence-corrected chi connectivity index (χ2v) is 5.20. The van der Waals surface area contributed by atoms with Crippen LogP contribution < -0.4 is 10.1 Å². The van der Waals surface area contributed by atoms with Crippen LogP contribution in [-0.2, 0) is 6.54 Å². The predicted octanol–water partition coefficient (Wildman–Crippen LogP) is 4.00. The third-order valence-electron chi connectivity index (χ3n) is 2.40. The van der Waals surface area contributed by atoms with Gasteiger partial charge in [-0.3, -0.25) is 0 Å². The molecule has 0 spiro atoms. The molecule has 1 aromatic heterocycles. The fourth-order valence-electron chi connectivity index (χ4n) is 1.52. The van der Waals surface area contributed by atoms with Crippen molar-refractivity contribution in [3.05, 3.63) is 40.3 Å². The summed E-state index contributed by atoms with van der Waals surface area (Å²) in [6.07, 6.45) is -4.32. The summed E-state index contributed by atoms with van der Waals surface area (Å²) in [6.45, 7) is 1.23. The first-order valence-corrected chi connectivity index (χ1v) is 6.75. The molecule has 1 N–H and O–H groups in total. The van der Waals surface area contributed by atoms with E-state index in [1.165, 1.54) is 12.1 Å². The van der Waals surface area contributed by atoms with Gasteiger partial charge in [0.1, 0.15) is 5.75 Å². The van der Waals surface area contributed by atoms with Gasteiger partial charge in [0.05, 0.1) is 17.2 Å². The van der Waals surface area contributed by atoms with Crippen LogP contribution in [0, 0.1) is 6.92 Å². The normalized spacial score (nSPS) is 11.4. The Morgan fingerprint density at radius 2 is 1.95 bits per heavy atom. The van der Waals surface area contributed by atoms with Gasteiger partial charge in [-0.25, -0.2) is 4.98 Å². The van der Waals surface area contributed by atoms with Crippen molar-refractivity contribution < 1.29 is 17.9 Å². The van der Waals surface area contributed by atoms with Gasteiger partial charge in [0, 0.05) is 11.1 Å². The summed E-state index contributed by atoms with van der Waals surface area (Å²) < 4.78 is 40.6. The zero-order valence-electron chi connectivity index (χ0n) is 10.7. The van der Waals surface area contributed by atoms with Crippen LogP contribution in [0.3, 0.4) is 0 Å². The SMILES string of the molecule is Cc1nc(CNc2ccc(OCC(F)(F)F)cc2)cs1. The van der Waals surface area contributed by atoms with E-state index in [0.717, 1.165) is 16.4 Å². The highest BCUT2D eigenvalue weighted by molar-refractivity contribution is 7.09. The minimum absolute atomic E-state index is 0.192. The zero-order valence-corrected chi connectivity index (χ0v) is 11.5. The second kappa shape index (κ2) is 6.13. The van der Waals surface area contributed by atoms with E-state index in [0.29, 0.717) is 6.54 Å². The van der Waals surface area contributed by atoms with Crippen LogP contribution >= 0.6 is 11.3 Å². The van der Waals surface area contributed by atoms with Crippen LogP contribution in [-0.4, -0.2) is 17.8 Å². The van der Waals surface area contributed by atoms with Crippen molar-refractivity contribution >= 4 is 17.0 Å². The summed E-state index contributed by atoms with van der Waals surface area (Å²) in [5, 5.41) is 6.10. The Kier molecular flexibility index (Phi) is 4.49. The molecule has 0 fully saturated rings. The molecule has 7 heteroatoms. The van der Waals surface area contributed by atoms with E-state index in [1.54, 1.807) is 23.5 Å². The van der Waals surface area contributed by atoms with E-state index in [2.05, 4.69) is 15.0 Å². The summed E-state index contributed by atoms with van der Waals surface area (Å²) in [5.41, 5.74) is 1.74. The first-order chi connectivity index (χ1) is 9.42. The molecule has 0 amide bonds. The van der Waals surface area contributed by atoms with Crippen LogP contribution in [0.5, 0.6) is 5.75 Å². The van der Waals surface area contributed by atoms with Gasteiger partial charge in [-0.15, -0.1) is 11.3 Å². The zero-order chi connectivity index (χ0) is 14.6. The number of halogens is 3. The summed E-state index contributed by atoms with van der Waals surface area (Å²) in [5.74, 6) is 0.192. The third-order valence-corrected chi connectivity index (χ3v) is 3.22. The van der Waals surface area contributed by atoms with E-state index < -0.39 is 12.8 Å². The molecule has 0 atom stereocenters. The van der Waals surface area contributed by atoms with Gasteiger partial charge in [-0.1, -0.05) is 0 Å². The molecule has 2 aromatic rings. The van der Waals surface area contributed by atoms with Crippen molar-refractivity contribution in [1.29, 1.82) is 0 Å². The summed E-state index contributed by atoms with van der Waals surface area (Å²) in [7, 11) is 0. The van der Waals surface area contributed by atoms with E-state index in [1.807, 2.05) is 12.3 Å². The van der Waals surface area contributed by atoms with Gasteiger partial charge in [0.25, 0.3) is 0 Å². The topological polar surface area (TPSA) is 34.2 Å². The molecule has 3 nitrogen and oxygen atoms in total. The number of thiazole rings is 1. The lowest BCUT2D eigenvalue weighted by Gasteiger charge is -2.10. The molecular weight excluding hydrogens is 289 g/mol. The fraction of sp³-hybridized carbons (Fsp3) is 0.308. The van der Waals surface area contributed by atoms with Gasteiger partial charge in [0.2, 0.25) is 0 Å². The average Bonchev–Trinajstić information content (AvgIpc) is 2.80. The van der Waals surface area contributed by atoms with Gasteiger partial charge in [0.15, 0.2) is 6.61 Å². The number of hydrogen-bond donors (Lipinski definition) is 1. The lowest BCUT2D eigenvalue weighted by Crippen LogP contribution is -2.19. The smallest absolute Gasteiger partial charge is 0.422 e. The Bertz CT molecular complexity index is 551. The van der Waals surface area contributed by atoms with Gasteiger partial charge < -0.3 is 10.1 Å². The Hall–Kier alpha value is -1.76. The molecule has 0 aliphatic heterocycles. The first-order valence-electron chi connectivity index (χ1n) is 5.87. The number of hydrogen-bond acceptors (Lipinski definition) is 4. The van der Waals surface area contributed by atoms with E-state index in [4.69, 9.17) is 0 Å². The molecule has 20 heavy (non-hydrogen) atoms. The highest BCUT2D eigenvalue weighted by Gasteiger charge is 2.28. The molecule has 1 aromatic carbocycles. The minimum Gasteiger partial charge on any atom is -0.484 e. The van der Waals surface area contributed by atoms with Crippen LogP contribution in [0.4, 0.5) is 18.9 Å². The maximum atomic E-state index is 12.0. The average molecular weight is 302 g/mol. The van der Waals surface area contributed by atoms with Crippen molar-refractivity contribution in [2.75, 3.05) is 11.9 Å². The van der Waals surface area contributed by atoms with Crippen molar-refractivity contribution in [2.24, 2.45) is 0 Å². The van der Waals surface area contributed by atoms with Gasteiger partial charge in [-0.2, -0.15) is 13.2 Å². The molecule has 0 aliphatic carbocycles. The standard InChI is InChI=1S/C13H13F3N2OS/c1-9-18-11(7-20-9)6-17-10-2-4-12(5-3-10)19-8-13(14,15)16/h2-5,7,17H,6,8H2,1H3. The number of rotatable bonds is 5. The van der Waals surface area contributed by atoms with Crippen molar-refractivity contribution in [3.8, 4) is 5.75 Å². The largest absolute Gasteiger partial charge is 0.484 e. The quantitative estimate of drug-likeness (QED) is 0.906. The molecule has 0 radical (unpaired) electrons. The number of nitrogens with one attached hydrogen (secondary N) is 1. The van der Waals surface area contributed by atoms with Crippen LogP contribution in [0.25, 0.3) is 0 Å². The Morgan fingerprint density at radius 1 is 1.25 bits per heavy atom. The molecule has 2 rings (SSSR count). The Morgan fingerprint density at radius 3 is 2.50 bits per heavy atom. The molecule has 0 unspecified atom stereocenters. The highest BCUT2D eigenvalue weighted by atomic mass is 32.1. The monoisotopic (exact) mass is 302 g/mol. The van der Waals surface area contributed by atoms with Gasteiger partial charge >= 0.3 is 6.18 Å². The predicted molar refractivity (Wildman–Crippen MR) is 72.2 cm³/mol. The number of benzene rings is 1. The maximum absolute atomic E-state index is 12.0. The van der Waals surface area contributed by atoms with Crippen molar-refractivity contribution in [1.82, 2.24) is 4.98 Å². The summed E-state index contributed by atoms with van der Waals surface area (Å²) >= 11 is 1.57. The van der Waals surface area contributed by atoms with Crippen LogP contribution in [0.2, 0.25) is 0 Å². The number of ether oxygens (including phenoxy) is 1. The molecule has 0 bridgehead atoms. The molecular formula is C13H13F3N2OS. The molecule has 1 heterocycles. The maximum Gasteiger partial charge on any atom is 0.422 e. The number of nitrogens with zero attached hydrogens (tertiary/aromatic N) is 1. The van der Waals surface area contributed by atoms with E-state index >= 15 is 0 Å². The first kappa shape index (κ1) is 14.6. The highest BCUT2D eigenvalue weighted by Crippen LogP contribution is 2.20. The number of aromatic nitrogens is 1. The number of anilines is 1. The molecule has 0 saturated carbocycles. The van der Waals surface area contributed by atoms with Gasteiger partial charge in [-0.05, 0) is 31.2 Å². The number of alkyl halides is 3. The molecule has 108 valence electrons. The minimum atomic E-state index is -4.32. The van der Waals surface area contributed by atoms with Crippen LogP contribution in [0.1, 0.15) is 10.7 Å². The summed E-state index contributed by atoms with van der Waals surface area (Å²) in [4.78, 5) is 4.31. The van der Waals surface area contributed by atoms with Crippen molar-refractivity contribution in [3.63, 3.8) is 0 Å². The lowest BCUT2D eigenvalue weighted by molar-refractivity contribution is -0.153. The molecule has 0 saturated heterocycles. The Labute approximate surface area is 118 Å². The lowest BCUT2D eigenvalue weighted by atomic mass is 10.3. The molecule has 0 aliphatic rings.